The number of ether oxygens (including phenoxy) is 2. The number of nitrogens with one attached hydrogen (secondary N) is 1. The summed E-state index contributed by atoms with van der Waals surface area (Å²) in [7, 11) is 0. The lowest BCUT2D eigenvalue weighted by Crippen LogP contribution is -2.35. The van der Waals surface area contributed by atoms with Crippen LogP contribution in [0.25, 0.3) is 0 Å². The first kappa shape index (κ1) is 21.2. The predicted octanol–water partition coefficient (Wildman–Crippen LogP) is 3.47. The number of hydrogen-bond acceptors (Lipinski definition) is 4. The molecular weight excluding hydrogens is 371 g/mol. The quantitative estimate of drug-likeness (QED) is 0.786. The van der Waals surface area contributed by atoms with Crippen LogP contribution in [0.2, 0.25) is 0 Å². The first-order valence-electron chi connectivity index (χ1n) is 8.71. The Balaban J connectivity index is 0.00000261. The number of benzene rings is 2. The highest BCUT2D eigenvalue weighted by atomic mass is 35.5. The summed E-state index contributed by atoms with van der Waals surface area (Å²) in [6.45, 7) is 2.79. The van der Waals surface area contributed by atoms with Crippen LogP contribution < -0.4 is 15.8 Å². The van der Waals surface area contributed by atoms with Gasteiger partial charge in [0, 0.05) is 13.1 Å². The molecule has 1 aliphatic heterocycles. The van der Waals surface area contributed by atoms with Gasteiger partial charge in [-0.05, 0) is 61.2 Å². The first-order chi connectivity index (χ1) is 12.5. The number of hydrogen-bond donors (Lipinski definition) is 2. The van der Waals surface area contributed by atoms with E-state index < -0.39 is 6.10 Å². The summed E-state index contributed by atoms with van der Waals surface area (Å²) >= 11 is 0. The van der Waals surface area contributed by atoms with Crippen molar-refractivity contribution in [3.05, 3.63) is 59.4 Å². The summed E-state index contributed by atoms with van der Waals surface area (Å²) in [5.41, 5.74) is 7.47. The second kappa shape index (κ2) is 9.69. The maximum absolute atomic E-state index is 13.0. The predicted molar refractivity (Wildman–Crippen MR) is 104 cm³/mol. The minimum absolute atomic E-state index is 0. The zero-order chi connectivity index (χ0) is 18.5. The van der Waals surface area contributed by atoms with Crippen LogP contribution in [0, 0.1) is 12.7 Å². The normalized spacial score (nSPS) is 18.6. The van der Waals surface area contributed by atoms with Gasteiger partial charge >= 0.3 is 0 Å². The Labute approximate surface area is 164 Å². The molecule has 27 heavy (non-hydrogen) atoms. The third kappa shape index (κ3) is 5.66. The van der Waals surface area contributed by atoms with Crippen molar-refractivity contribution in [2.24, 2.45) is 5.73 Å². The zero-order valence-electron chi connectivity index (χ0n) is 15.1. The van der Waals surface area contributed by atoms with Gasteiger partial charge in [-0.25, -0.2) is 4.39 Å². The summed E-state index contributed by atoms with van der Waals surface area (Å²) in [6.07, 6.45) is 1.10. The highest BCUT2D eigenvalue weighted by molar-refractivity contribution is 5.85. The maximum atomic E-state index is 13.0. The van der Waals surface area contributed by atoms with Crippen LogP contribution >= 0.6 is 12.4 Å². The van der Waals surface area contributed by atoms with E-state index in [2.05, 4.69) is 5.32 Å². The molecule has 7 heteroatoms. The standard InChI is InChI=1S/C20H23FN2O3.ClH/c1-13-10-14(12-23-20(24)19-9-7-17(11-22)26-19)2-8-18(13)25-16-5-3-15(21)4-6-16;/h2-6,8,10,17,19H,7,9,11-12,22H2,1H3,(H,23,24);1H/t17-,19+;/m1./s1. The fourth-order valence-corrected chi connectivity index (χ4v) is 2.94. The third-order valence-electron chi connectivity index (χ3n) is 4.41. The van der Waals surface area contributed by atoms with Crippen molar-refractivity contribution in [1.82, 2.24) is 5.32 Å². The Morgan fingerprint density at radius 2 is 2.00 bits per heavy atom. The van der Waals surface area contributed by atoms with Crippen LogP contribution in [0.15, 0.2) is 42.5 Å². The second-order valence-electron chi connectivity index (χ2n) is 6.43. The Kier molecular flexibility index (Phi) is 7.59. The lowest BCUT2D eigenvalue weighted by Gasteiger charge is -2.14. The van der Waals surface area contributed by atoms with E-state index in [4.69, 9.17) is 15.2 Å². The van der Waals surface area contributed by atoms with E-state index >= 15 is 0 Å². The molecule has 0 spiro atoms. The van der Waals surface area contributed by atoms with Crippen LogP contribution in [0.4, 0.5) is 4.39 Å². The van der Waals surface area contributed by atoms with Crippen LogP contribution in [0.3, 0.4) is 0 Å². The van der Waals surface area contributed by atoms with Crippen LogP contribution in [-0.2, 0) is 16.1 Å². The van der Waals surface area contributed by atoms with Gasteiger partial charge in [0.1, 0.15) is 23.4 Å². The molecule has 1 fully saturated rings. The molecule has 0 saturated carbocycles. The molecule has 2 aromatic carbocycles. The summed E-state index contributed by atoms with van der Waals surface area (Å²) in [5.74, 6) is 0.856. The molecule has 5 nitrogen and oxygen atoms in total. The van der Waals surface area contributed by atoms with E-state index in [0.29, 0.717) is 31.0 Å². The number of carbonyl (C=O) groups excluding carboxylic acids is 1. The zero-order valence-corrected chi connectivity index (χ0v) is 15.9. The van der Waals surface area contributed by atoms with Gasteiger partial charge in [-0.3, -0.25) is 4.79 Å². The summed E-state index contributed by atoms with van der Waals surface area (Å²) < 4.78 is 24.3. The molecule has 3 N–H and O–H groups in total. The van der Waals surface area contributed by atoms with Crippen LogP contribution in [0.1, 0.15) is 24.0 Å². The van der Waals surface area contributed by atoms with E-state index in [1.165, 1.54) is 12.1 Å². The van der Waals surface area contributed by atoms with Crippen molar-refractivity contribution >= 4 is 18.3 Å². The van der Waals surface area contributed by atoms with Crippen molar-refractivity contribution in [1.29, 1.82) is 0 Å². The second-order valence-corrected chi connectivity index (χ2v) is 6.43. The van der Waals surface area contributed by atoms with Crippen molar-refractivity contribution in [2.45, 2.75) is 38.5 Å². The average Bonchev–Trinajstić information content (AvgIpc) is 3.13. The number of halogens is 2. The summed E-state index contributed by atoms with van der Waals surface area (Å²) in [4.78, 5) is 12.2. The van der Waals surface area contributed by atoms with Crippen molar-refractivity contribution < 1.29 is 18.7 Å². The lowest BCUT2D eigenvalue weighted by molar-refractivity contribution is -0.132. The molecule has 0 radical (unpaired) electrons. The number of nitrogens with two attached hydrogens (primary N) is 1. The third-order valence-corrected chi connectivity index (χ3v) is 4.41. The maximum Gasteiger partial charge on any atom is 0.249 e. The molecule has 146 valence electrons. The van der Waals surface area contributed by atoms with Crippen molar-refractivity contribution in [3.8, 4) is 11.5 Å². The number of rotatable bonds is 6. The highest BCUT2D eigenvalue weighted by Gasteiger charge is 2.29. The van der Waals surface area contributed by atoms with Gasteiger partial charge in [0.25, 0.3) is 0 Å². The minimum atomic E-state index is -0.411. The fraction of sp³-hybridized carbons (Fsp3) is 0.350. The average molecular weight is 395 g/mol. The number of carbonyl (C=O) groups is 1. The monoisotopic (exact) mass is 394 g/mol. The largest absolute Gasteiger partial charge is 0.457 e. The van der Waals surface area contributed by atoms with Crippen LogP contribution in [-0.4, -0.2) is 24.7 Å². The molecule has 1 amide bonds. The molecular formula is C20H24ClFN2O3. The van der Waals surface area contributed by atoms with Crippen LogP contribution in [0.5, 0.6) is 11.5 Å². The highest BCUT2D eigenvalue weighted by Crippen LogP contribution is 2.26. The van der Waals surface area contributed by atoms with Gasteiger partial charge in [0.05, 0.1) is 6.10 Å². The fourth-order valence-electron chi connectivity index (χ4n) is 2.94. The van der Waals surface area contributed by atoms with Gasteiger partial charge in [-0.15, -0.1) is 12.4 Å². The Hall–Kier alpha value is -2.15. The van der Waals surface area contributed by atoms with E-state index in [0.717, 1.165) is 17.5 Å². The molecule has 0 bridgehead atoms. The molecule has 0 aromatic heterocycles. The molecule has 1 aliphatic rings. The van der Waals surface area contributed by atoms with E-state index in [9.17, 15) is 9.18 Å². The molecule has 2 aromatic rings. The molecule has 1 heterocycles. The summed E-state index contributed by atoms with van der Waals surface area (Å²) in [6, 6.07) is 11.6. The molecule has 0 unspecified atom stereocenters. The first-order valence-corrected chi connectivity index (χ1v) is 8.71. The van der Waals surface area contributed by atoms with Gasteiger partial charge in [0.15, 0.2) is 0 Å². The SMILES string of the molecule is Cc1cc(CNC(=O)[C@@H]2CC[C@H](CN)O2)ccc1Oc1ccc(F)cc1.Cl. The summed E-state index contributed by atoms with van der Waals surface area (Å²) in [5, 5.41) is 2.90. The van der Waals surface area contributed by atoms with Gasteiger partial charge in [0.2, 0.25) is 5.91 Å². The van der Waals surface area contributed by atoms with Crippen molar-refractivity contribution in [3.63, 3.8) is 0 Å². The van der Waals surface area contributed by atoms with E-state index in [-0.39, 0.29) is 30.2 Å². The van der Waals surface area contributed by atoms with Gasteiger partial charge < -0.3 is 20.5 Å². The minimum Gasteiger partial charge on any atom is -0.457 e. The Morgan fingerprint density at radius 3 is 2.63 bits per heavy atom. The molecule has 3 rings (SSSR count). The molecule has 1 saturated heterocycles. The number of aryl methyl sites for hydroxylation is 1. The Morgan fingerprint density at radius 1 is 1.26 bits per heavy atom. The van der Waals surface area contributed by atoms with E-state index in [1.54, 1.807) is 12.1 Å². The molecule has 2 atom stereocenters. The number of amides is 1. The molecule has 0 aliphatic carbocycles. The Bertz CT molecular complexity index is 770. The smallest absolute Gasteiger partial charge is 0.249 e. The van der Waals surface area contributed by atoms with Crippen molar-refractivity contribution in [2.75, 3.05) is 6.54 Å². The lowest BCUT2D eigenvalue weighted by atomic mass is 10.1. The van der Waals surface area contributed by atoms with E-state index in [1.807, 2.05) is 25.1 Å². The topological polar surface area (TPSA) is 73.6 Å². The van der Waals surface area contributed by atoms with Gasteiger partial charge in [-0.1, -0.05) is 12.1 Å². The van der Waals surface area contributed by atoms with Gasteiger partial charge in [-0.2, -0.15) is 0 Å².